The van der Waals surface area contributed by atoms with Gasteiger partial charge in [0.15, 0.2) is 0 Å². The Balaban J connectivity index is 2.30. The van der Waals surface area contributed by atoms with Gasteiger partial charge >= 0.3 is 5.69 Å². The summed E-state index contributed by atoms with van der Waals surface area (Å²) in [4.78, 5) is 31.6. The van der Waals surface area contributed by atoms with Crippen molar-refractivity contribution in [3.63, 3.8) is 0 Å². The number of nitrogens with zero attached hydrogens (tertiary/aromatic N) is 1. The molecule has 3 N–H and O–H groups in total. The fraction of sp³-hybridized carbons (Fsp3) is 0. The highest BCUT2D eigenvalue weighted by atomic mass is 35.5. The molecule has 20 heavy (non-hydrogen) atoms. The van der Waals surface area contributed by atoms with Gasteiger partial charge in [0.05, 0.1) is 11.1 Å². The number of benzene rings is 1. The van der Waals surface area contributed by atoms with Crippen molar-refractivity contribution in [2.24, 2.45) is 0 Å². The van der Waals surface area contributed by atoms with Gasteiger partial charge in [-0.25, -0.2) is 9.78 Å². The molecule has 3 aromatic rings. The van der Waals surface area contributed by atoms with Crippen molar-refractivity contribution in [1.29, 1.82) is 0 Å². The predicted molar refractivity (Wildman–Crippen MR) is 75.1 cm³/mol. The third-order valence-corrected chi connectivity index (χ3v) is 3.07. The van der Waals surface area contributed by atoms with Crippen LogP contribution < -0.4 is 11.2 Å². The number of phenolic OH excluding ortho intramolecular Hbond substituents is 1. The highest BCUT2D eigenvalue weighted by molar-refractivity contribution is 6.30. The standard InChI is InChI=1S/C13H8ClN3O3/c14-6-1-4-10(18)8(5-6)9-3-2-7-11(15-9)16-13(20)17-12(7)19/h1-5,18H,(H2,15,16,17,19,20). The van der Waals surface area contributed by atoms with E-state index in [9.17, 15) is 14.7 Å². The van der Waals surface area contributed by atoms with Gasteiger partial charge < -0.3 is 5.11 Å². The molecule has 0 bridgehead atoms. The summed E-state index contributed by atoms with van der Waals surface area (Å²) in [7, 11) is 0. The minimum atomic E-state index is -0.637. The molecule has 0 radical (unpaired) electrons. The Morgan fingerprint density at radius 2 is 1.90 bits per heavy atom. The lowest BCUT2D eigenvalue weighted by Gasteiger charge is -2.05. The summed E-state index contributed by atoms with van der Waals surface area (Å²) in [6, 6.07) is 7.64. The van der Waals surface area contributed by atoms with Crippen LogP contribution in [0.25, 0.3) is 22.3 Å². The largest absolute Gasteiger partial charge is 0.507 e. The third-order valence-electron chi connectivity index (χ3n) is 2.83. The van der Waals surface area contributed by atoms with E-state index in [1.807, 2.05) is 0 Å². The van der Waals surface area contributed by atoms with Crippen molar-refractivity contribution >= 4 is 22.6 Å². The highest BCUT2D eigenvalue weighted by Crippen LogP contribution is 2.30. The summed E-state index contributed by atoms with van der Waals surface area (Å²) in [6.45, 7) is 0. The van der Waals surface area contributed by atoms with Crippen LogP contribution in [0.1, 0.15) is 0 Å². The molecule has 0 unspecified atom stereocenters. The lowest BCUT2D eigenvalue weighted by molar-refractivity contribution is 0.477. The molecule has 6 nitrogen and oxygen atoms in total. The molecular weight excluding hydrogens is 282 g/mol. The lowest BCUT2D eigenvalue weighted by atomic mass is 10.1. The van der Waals surface area contributed by atoms with Crippen LogP contribution in [0.2, 0.25) is 5.02 Å². The summed E-state index contributed by atoms with van der Waals surface area (Å²) in [5, 5.41) is 10.5. The summed E-state index contributed by atoms with van der Waals surface area (Å²) < 4.78 is 0. The van der Waals surface area contributed by atoms with Gasteiger partial charge in [-0.15, -0.1) is 0 Å². The van der Waals surface area contributed by atoms with Crippen molar-refractivity contribution in [3.8, 4) is 17.0 Å². The monoisotopic (exact) mass is 289 g/mol. The molecule has 0 fully saturated rings. The van der Waals surface area contributed by atoms with E-state index in [-0.39, 0.29) is 16.8 Å². The van der Waals surface area contributed by atoms with Gasteiger partial charge in [-0.2, -0.15) is 0 Å². The molecule has 7 heteroatoms. The second kappa shape index (κ2) is 4.50. The van der Waals surface area contributed by atoms with Crippen molar-refractivity contribution in [2.45, 2.75) is 0 Å². The van der Waals surface area contributed by atoms with Crippen LogP contribution in [0.5, 0.6) is 5.75 Å². The van der Waals surface area contributed by atoms with E-state index in [0.717, 1.165) is 0 Å². The SMILES string of the molecule is O=c1[nH]c(=O)c2ccc(-c3cc(Cl)ccc3O)nc2[nH]1. The number of halogens is 1. The number of H-pyrrole nitrogens is 2. The number of phenols is 1. The van der Waals surface area contributed by atoms with E-state index in [4.69, 9.17) is 11.6 Å². The molecule has 3 rings (SSSR count). The van der Waals surface area contributed by atoms with Crippen molar-refractivity contribution in [2.75, 3.05) is 0 Å². The van der Waals surface area contributed by atoms with Crippen LogP contribution >= 0.6 is 11.6 Å². The molecule has 0 saturated heterocycles. The third kappa shape index (κ3) is 2.06. The van der Waals surface area contributed by atoms with Crippen LogP contribution in [0.15, 0.2) is 39.9 Å². The summed E-state index contributed by atoms with van der Waals surface area (Å²) in [5.74, 6) is 0.00781. The molecule has 2 aromatic heterocycles. The fourth-order valence-corrected chi connectivity index (χ4v) is 2.08. The number of aromatic nitrogens is 3. The van der Waals surface area contributed by atoms with Crippen LogP contribution in [-0.2, 0) is 0 Å². The first-order valence-electron chi connectivity index (χ1n) is 5.67. The normalized spacial score (nSPS) is 10.8. The van der Waals surface area contributed by atoms with Crippen LogP contribution in [-0.4, -0.2) is 20.1 Å². The molecule has 0 aliphatic heterocycles. The zero-order valence-corrected chi connectivity index (χ0v) is 10.7. The molecule has 0 aliphatic carbocycles. The van der Waals surface area contributed by atoms with Crippen molar-refractivity contribution < 1.29 is 5.11 Å². The number of hydrogen-bond acceptors (Lipinski definition) is 4. The molecule has 0 amide bonds. The predicted octanol–water partition coefficient (Wildman–Crippen LogP) is 1.64. The van der Waals surface area contributed by atoms with Crippen molar-refractivity contribution in [3.05, 3.63) is 56.2 Å². The van der Waals surface area contributed by atoms with Crippen LogP contribution in [0.4, 0.5) is 0 Å². The number of aromatic hydroxyl groups is 1. The van der Waals surface area contributed by atoms with E-state index in [2.05, 4.69) is 15.0 Å². The Morgan fingerprint density at radius 3 is 2.70 bits per heavy atom. The number of hydrogen-bond donors (Lipinski definition) is 3. The van der Waals surface area contributed by atoms with Crippen LogP contribution in [0, 0.1) is 0 Å². The minimum absolute atomic E-state index is 0.00781. The summed E-state index contributed by atoms with van der Waals surface area (Å²) in [5.41, 5.74) is -0.185. The molecule has 0 spiro atoms. The van der Waals surface area contributed by atoms with Gasteiger partial charge in [-0.3, -0.25) is 14.8 Å². The van der Waals surface area contributed by atoms with Crippen LogP contribution in [0.3, 0.4) is 0 Å². The Labute approximate surface area is 116 Å². The molecule has 100 valence electrons. The average molecular weight is 290 g/mol. The minimum Gasteiger partial charge on any atom is -0.507 e. The molecule has 2 heterocycles. The highest BCUT2D eigenvalue weighted by Gasteiger charge is 2.09. The zero-order valence-electron chi connectivity index (χ0n) is 9.98. The molecule has 0 saturated carbocycles. The Hall–Kier alpha value is -2.60. The molecule has 0 aliphatic rings. The van der Waals surface area contributed by atoms with Gasteiger partial charge in [0.2, 0.25) is 0 Å². The van der Waals surface area contributed by atoms with E-state index < -0.39 is 11.2 Å². The smallest absolute Gasteiger partial charge is 0.327 e. The van der Waals surface area contributed by atoms with E-state index in [1.165, 1.54) is 12.1 Å². The van der Waals surface area contributed by atoms with E-state index in [0.29, 0.717) is 16.3 Å². The average Bonchev–Trinajstić information content (AvgIpc) is 2.40. The quantitative estimate of drug-likeness (QED) is 0.634. The van der Waals surface area contributed by atoms with Gasteiger partial charge in [-0.1, -0.05) is 11.6 Å². The summed E-state index contributed by atoms with van der Waals surface area (Å²) >= 11 is 5.88. The number of pyridine rings is 1. The first-order chi connectivity index (χ1) is 9.54. The zero-order chi connectivity index (χ0) is 14.3. The maximum Gasteiger partial charge on any atom is 0.327 e. The van der Waals surface area contributed by atoms with Gasteiger partial charge in [-0.05, 0) is 30.3 Å². The maximum atomic E-state index is 11.6. The number of aromatic amines is 2. The van der Waals surface area contributed by atoms with Gasteiger partial charge in [0.25, 0.3) is 5.56 Å². The van der Waals surface area contributed by atoms with E-state index in [1.54, 1.807) is 18.2 Å². The second-order valence-corrected chi connectivity index (χ2v) is 4.60. The Kier molecular flexibility index (Phi) is 2.80. The molecule has 1 aromatic carbocycles. The topological polar surface area (TPSA) is 98.8 Å². The Morgan fingerprint density at radius 1 is 1.10 bits per heavy atom. The van der Waals surface area contributed by atoms with Gasteiger partial charge in [0, 0.05) is 10.6 Å². The molecular formula is C13H8ClN3O3. The summed E-state index contributed by atoms with van der Waals surface area (Å²) in [6.07, 6.45) is 0. The fourth-order valence-electron chi connectivity index (χ4n) is 1.91. The van der Waals surface area contributed by atoms with Gasteiger partial charge in [0.1, 0.15) is 11.4 Å². The number of nitrogens with one attached hydrogen (secondary N) is 2. The maximum absolute atomic E-state index is 11.6. The number of rotatable bonds is 1. The van der Waals surface area contributed by atoms with Crippen molar-refractivity contribution in [1.82, 2.24) is 15.0 Å². The molecule has 0 atom stereocenters. The first-order valence-corrected chi connectivity index (χ1v) is 6.04. The first kappa shape index (κ1) is 12.4. The second-order valence-electron chi connectivity index (χ2n) is 4.16. The lowest BCUT2D eigenvalue weighted by Crippen LogP contribution is -2.22. The number of fused-ring (bicyclic) bond motifs is 1. The Bertz CT molecular complexity index is 930. The van der Waals surface area contributed by atoms with E-state index >= 15 is 0 Å².